The molecule has 0 unspecified atom stereocenters. The summed E-state index contributed by atoms with van der Waals surface area (Å²) >= 11 is 0. The van der Waals surface area contributed by atoms with Crippen LogP contribution in [-0.4, -0.2) is 21.3 Å². The molecule has 4 heteroatoms. The predicted molar refractivity (Wildman–Crippen MR) is 139 cm³/mol. The Morgan fingerprint density at radius 2 is 1.76 bits per heavy atom. The highest BCUT2D eigenvalue weighted by molar-refractivity contribution is 5.77. The number of amides is 1. The maximum Gasteiger partial charge on any atom is 0.220 e. The van der Waals surface area contributed by atoms with Gasteiger partial charge in [-0.15, -0.1) is 0 Å². The summed E-state index contributed by atoms with van der Waals surface area (Å²) in [5.74, 6) is 0.145. The fraction of sp³-hybridized carbons (Fsp3) is 0.333. The highest BCUT2D eigenvalue weighted by atomic mass is 16.1. The average Bonchev–Trinajstić information content (AvgIpc) is 3.23. The van der Waals surface area contributed by atoms with Gasteiger partial charge in [-0.25, -0.2) is 4.98 Å². The van der Waals surface area contributed by atoms with E-state index in [4.69, 9.17) is 4.98 Å². The maximum atomic E-state index is 12.8. The zero-order chi connectivity index (χ0) is 23.5. The molecule has 0 spiro atoms. The van der Waals surface area contributed by atoms with Gasteiger partial charge < -0.3 is 9.72 Å². The van der Waals surface area contributed by atoms with E-state index in [1.54, 1.807) is 0 Å². The Kier molecular flexibility index (Phi) is 6.48. The van der Waals surface area contributed by atoms with Crippen LogP contribution in [0.1, 0.15) is 55.3 Å². The van der Waals surface area contributed by atoms with Gasteiger partial charge in [0.25, 0.3) is 0 Å². The van der Waals surface area contributed by atoms with E-state index in [1.807, 2.05) is 18.2 Å². The first kappa shape index (κ1) is 22.4. The predicted octanol–water partition coefficient (Wildman–Crippen LogP) is 6.67. The number of rotatable bonds is 6. The Morgan fingerprint density at radius 3 is 2.56 bits per heavy atom. The van der Waals surface area contributed by atoms with Crippen LogP contribution in [0.2, 0.25) is 0 Å². The summed E-state index contributed by atoms with van der Waals surface area (Å²) in [6.07, 6.45) is 9.25. The minimum atomic E-state index is 0.145. The quantitative estimate of drug-likeness (QED) is 0.356. The highest BCUT2D eigenvalue weighted by Crippen LogP contribution is 2.30. The number of imidazole rings is 1. The summed E-state index contributed by atoms with van der Waals surface area (Å²) in [6, 6.07) is 21.4. The van der Waals surface area contributed by atoms with E-state index in [-0.39, 0.29) is 5.91 Å². The monoisotopic (exact) mass is 451 g/mol. The molecule has 1 amide bonds. The molecular formula is C30H33N3O. The molecule has 34 heavy (non-hydrogen) atoms. The normalized spacial score (nSPS) is 14.4. The number of nitrogens with zero attached hydrogens (tertiary/aromatic N) is 2. The summed E-state index contributed by atoms with van der Waals surface area (Å²) < 4.78 is 2.19. The van der Waals surface area contributed by atoms with Gasteiger partial charge in [0.05, 0.1) is 11.4 Å². The van der Waals surface area contributed by atoms with E-state index in [2.05, 4.69) is 72.2 Å². The largest absolute Gasteiger partial charge is 0.353 e. The highest BCUT2D eigenvalue weighted by Gasteiger charge is 2.19. The molecule has 1 aliphatic carbocycles. The van der Waals surface area contributed by atoms with Crippen LogP contribution in [0, 0.1) is 13.8 Å². The first-order chi connectivity index (χ1) is 16.6. The Morgan fingerprint density at radius 1 is 0.971 bits per heavy atom. The van der Waals surface area contributed by atoms with Crippen LogP contribution in [0.15, 0.2) is 66.9 Å². The second-order valence-electron chi connectivity index (χ2n) is 9.64. The van der Waals surface area contributed by atoms with Crippen molar-refractivity contribution >= 4 is 11.6 Å². The fourth-order valence-corrected chi connectivity index (χ4v) is 5.14. The summed E-state index contributed by atoms with van der Waals surface area (Å²) in [5.41, 5.74) is 8.95. The van der Waals surface area contributed by atoms with Crippen LogP contribution in [-0.2, 0) is 11.2 Å². The third kappa shape index (κ3) is 4.77. The molecule has 0 saturated heterocycles. The van der Waals surface area contributed by atoms with E-state index >= 15 is 0 Å². The first-order valence-corrected chi connectivity index (χ1v) is 12.5. The van der Waals surface area contributed by atoms with Crippen LogP contribution in [0.4, 0.5) is 0 Å². The molecule has 5 rings (SSSR count). The van der Waals surface area contributed by atoms with Crippen molar-refractivity contribution in [3.8, 4) is 22.4 Å². The molecule has 0 aliphatic heterocycles. The van der Waals surface area contributed by atoms with Gasteiger partial charge in [-0.05, 0) is 61.9 Å². The number of hydrogen-bond acceptors (Lipinski definition) is 2. The third-order valence-electron chi connectivity index (χ3n) is 7.03. The van der Waals surface area contributed by atoms with E-state index in [9.17, 15) is 4.79 Å². The molecule has 4 nitrogen and oxygen atoms in total. The van der Waals surface area contributed by atoms with Gasteiger partial charge in [-0.1, -0.05) is 73.4 Å². The number of pyridine rings is 1. The zero-order valence-electron chi connectivity index (χ0n) is 20.2. The number of carbonyl (C=O) groups is 1. The molecule has 4 aromatic rings. The number of aromatic nitrogens is 2. The molecule has 1 fully saturated rings. The van der Waals surface area contributed by atoms with E-state index < -0.39 is 0 Å². The minimum Gasteiger partial charge on any atom is -0.353 e. The van der Waals surface area contributed by atoms with Gasteiger partial charge in [-0.3, -0.25) is 4.79 Å². The average molecular weight is 452 g/mol. The molecule has 2 aromatic carbocycles. The van der Waals surface area contributed by atoms with Gasteiger partial charge in [-0.2, -0.15) is 0 Å². The lowest BCUT2D eigenvalue weighted by molar-refractivity contribution is -0.122. The van der Waals surface area contributed by atoms with Crippen LogP contribution < -0.4 is 5.32 Å². The molecule has 0 bridgehead atoms. The molecule has 0 radical (unpaired) electrons. The van der Waals surface area contributed by atoms with Crippen molar-refractivity contribution in [1.29, 1.82) is 0 Å². The Hall–Kier alpha value is -3.40. The van der Waals surface area contributed by atoms with Crippen molar-refractivity contribution in [2.24, 2.45) is 0 Å². The molecule has 174 valence electrons. The van der Waals surface area contributed by atoms with Gasteiger partial charge in [0.1, 0.15) is 5.65 Å². The van der Waals surface area contributed by atoms with Crippen LogP contribution in [0.25, 0.3) is 28.0 Å². The number of nitrogens with one attached hydrogen (secondary N) is 1. The van der Waals surface area contributed by atoms with E-state index in [0.717, 1.165) is 35.4 Å². The van der Waals surface area contributed by atoms with Crippen molar-refractivity contribution < 1.29 is 4.79 Å². The second-order valence-corrected chi connectivity index (χ2v) is 9.64. The standard InChI is InChI=1S/C30H33N3O/c1-21-13-14-22(2)26(19-21)24-15-17-28-32-30(23-9-5-3-6-10-23)27(33(28)20-24)16-18-29(34)31-25-11-7-4-8-12-25/h3,5-6,9-10,13-15,17,19-20,25H,4,7-8,11-12,16,18H2,1-2H3,(H,31,34). The SMILES string of the molecule is Cc1ccc(C)c(-c2ccc3nc(-c4ccccc4)c(CCC(=O)NC4CCCCC4)n3c2)c1. The molecule has 1 N–H and O–H groups in total. The number of hydrogen-bond donors (Lipinski definition) is 1. The second kappa shape index (κ2) is 9.84. The summed E-state index contributed by atoms with van der Waals surface area (Å²) in [5, 5.41) is 3.27. The van der Waals surface area contributed by atoms with E-state index in [0.29, 0.717) is 18.9 Å². The molecule has 1 saturated carbocycles. The number of carbonyl (C=O) groups excluding carboxylic acids is 1. The van der Waals surface area contributed by atoms with Crippen molar-refractivity contribution in [1.82, 2.24) is 14.7 Å². The van der Waals surface area contributed by atoms with Crippen molar-refractivity contribution in [3.63, 3.8) is 0 Å². The van der Waals surface area contributed by atoms with Crippen molar-refractivity contribution in [3.05, 3.63) is 83.7 Å². The van der Waals surface area contributed by atoms with Crippen molar-refractivity contribution in [2.45, 2.75) is 64.8 Å². The fourth-order valence-electron chi connectivity index (χ4n) is 5.14. The lowest BCUT2D eigenvalue weighted by Gasteiger charge is -2.22. The molecule has 0 atom stereocenters. The number of aryl methyl sites for hydroxylation is 3. The zero-order valence-corrected chi connectivity index (χ0v) is 20.2. The molecule has 1 aliphatic rings. The smallest absolute Gasteiger partial charge is 0.220 e. The van der Waals surface area contributed by atoms with Gasteiger partial charge in [0.2, 0.25) is 5.91 Å². The van der Waals surface area contributed by atoms with Crippen LogP contribution in [0.3, 0.4) is 0 Å². The Bertz CT molecular complexity index is 1300. The van der Waals surface area contributed by atoms with Crippen molar-refractivity contribution in [2.75, 3.05) is 0 Å². The number of benzene rings is 2. The molecule has 2 heterocycles. The Labute approximate surface area is 202 Å². The van der Waals surface area contributed by atoms with E-state index in [1.165, 1.54) is 41.5 Å². The lowest BCUT2D eigenvalue weighted by Crippen LogP contribution is -2.36. The third-order valence-corrected chi connectivity index (χ3v) is 7.03. The van der Waals surface area contributed by atoms with Gasteiger partial charge in [0.15, 0.2) is 0 Å². The first-order valence-electron chi connectivity index (χ1n) is 12.5. The number of fused-ring (bicyclic) bond motifs is 1. The summed E-state index contributed by atoms with van der Waals surface area (Å²) in [4.78, 5) is 17.8. The van der Waals surface area contributed by atoms with Crippen LogP contribution >= 0.6 is 0 Å². The molecule has 2 aromatic heterocycles. The Balaban J connectivity index is 1.50. The van der Waals surface area contributed by atoms with Gasteiger partial charge in [0, 0.05) is 24.2 Å². The van der Waals surface area contributed by atoms with Gasteiger partial charge >= 0.3 is 0 Å². The lowest BCUT2D eigenvalue weighted by atomic mass is 9.95. The molecular weight excluding hydrogens is 418 g/mol. The maximum absolute atomic E-state index is 12.8. The summed E-state index contributed by atoms with van der Waals surface area (Å²) in [7, 11) is 0. The summed E-state index contributed by atoms with van der Waals surface area (Å²) in [6.45, 7) is 4.28. The van der Waals surface area contributed by atoms with Crippen LogP contribution in [0.5, 0.6) is 0 Å². The topological polar surface area (TPSA) is 46.4 Å². The minimum absolute atomic E-state index is 0.145.